The molecule has 1 aliphatic heterocycles. The molecule has 1 unspecified atom stereocenters. The van der Waals surface area contributed by atoms with Crippen LogP contribution in [0.2, 0.25) is 0 Å². The van der Waals surface area contributed by atoms with Crippen LogP contribution in [-0.2, 0) is 24.1 Å². The lowest BCUT2D eigenvalue weighted by atomic mass is 10.1. The second-order valence-corrected chi connectivity index (χ2v) is 7.17. The van der Waals surface area contributed by atoms with Gasteiger partial charge in [0.25, 0.3) is 0 Å². The summed E-state index contributed by atoms with van der Waals surface area (Å²) in [5.41, 5.74) is 3.47. The van der Waals surface area contributed by atoms with Gasteiger partial charge in [-0.25, -0.2) is 9.97 Å². The quantitative estimate of drug-likeness (QED) is 0.749. The second-order valence-electron chi connectivity index (χ2n) is 6.28. The summed E-state index contributed by atoms with van der Waals surface area (Å²) in [7, 11) is 0. The highest BCUT2D eigenvalue weighted by atomic mass is 32.1. The molecular formula is C18H23N3O2S. The fourth-order valence-electron chi connectivity index (χ4n) is 2.86. The predicted molar refractivity (Wildman–Crippen MR) is 95.9 cm³/mol. The number of carbonyl (C=O) groups is 1. The Labute approximate surface area is 146 Å². The molecule has 24 heavy (non-hydrogen) atoms. The SMILES string of the molecule is CC(C(=O)O)c1nc(CCCCc2ccc3c(n2)NCCC3)cs1. The van der Waals surface area contributed by atoms with E-state index in [9.17, 15) is 4.79 Å². The van der Waals surface area contributed by atoms with Gasteiger partial charge in [-0.3, -0.25) is 4.79 Å². The van der Waals surface area contributed by atoms with Crippen molar-refractivity contribution in [3.63, 3.8) is 0 Å². The summed E-state index contributed by atoms with van der Waals surface area (Å²) in [6, 6.07) is 4.34. The molecule has 3 rings (SSSR count). The van der Waals surface area contributed by atoms with Gasteiger partial charge in [-0.15, -0.1) is 11.3 Å². The van der Waals surface area contributed by atoms with Crippen LogP contribution in [0.5, 0.6) is 0 Å². The third-order valence-corrected chi connectivity index (χ3v) is 5.45. The maximum Gasteiger partial charge on any atom is 0.313 e. The average Bonchev–Trinajstić information content (AvgIpc) is 3.06. The van der Waals surface area contributed by atoms with Crippen molar-refractivity contribution >= 4 is 23.1 Å². The van der Waals surface area contributed by atoms with Gasteiger partial charge in [0.1, 0.15) is 16.7 Å². The number of fused-ring (bicyclic) bond motifs is 1. The molecule has 0 bridgehead atoms. The molecule has 2 aromatic heterocycles. The fourth-order valence-corrected chi connectivity index (χ4v) is 3.76. The summed E-state index contributed by atoms with van der Waals surface area (Å²) in [6.45, 7) is 2.70. The van der Waals surface area contributed by atoms with E-state index in [-0.39, 0.29) is 0 Å². The molecule has 0 saturated heterocycles. The lowest BCUT2D eigenvalue weighted by Crippen LogP contribution is -2.14. The van der Waals surface area contributed by atoms with Crippen molar-refractivity contribution in [1.29, 1.82) is 0 Å². The van der Waals surface area contributed by atoms with Crippen molar-refractivity contribution in [2.45, 2.75) is 51.4 Å². The number of carboxylic acids is 1. The number of hydrogen-bond acceptors (Lipinski definition) is 5. The van der Waals surface area contributed by atoms with E-state index in [0.717, 1.165) is 55.9 Å². The predicted octanol–water partition coefficient (Wildman–Crippen LogP) is 3.65. The normalized spacial score (nSPS) is 14.7. The molecule has 6 heteroatoms. The first-order chi connectivity index (χ1) is 11.6. The lowest BCUT2D eigenvalue weighted by Gasteiger charge is -2.17. The van der Waals surface area contributed by atoms with Crippen molar-refractivity contribution in [1.82, 2.24) is 9.97 Å². The monoisotopic (exact) mass is 345 g/mol. The van der Waals surface area contributed by atoms with Crippen LogP contribution in [0.1, 0.15) is 54.1 Å². The summed E-state index contributed by atoms with van der Waals surface area (Å²) in [4.78, 5) is 20.1. The standard InChI is InChI=1S/C18H23N3O2S/c1-12(18(22)23)17-21-15(11-24-17)7-3-2-6-14-9-8-13-5-4-10-19-16(13)20-14/h8-9,11-12H,2-7,10H2,1H3,(H,19,20)(H,22,23). The van der Waals surface area contributed by atoms with Crippen LogP contribution in [-0.4, -0.2) is 27.6 Å². The number of aliphatic carboxylic acids is 1. The molecule has 0 aromatic carbocycles. The van der Waals surface area contributed by atoms with Crippen LogP contribution in [0.3, 0.4) is 0 Å². The van der Waals surface area contributed by atoms with Crippen molar-refractivity contribution in [2.24, 2.45) is 0 Å². The molecule has 2 N–H and O–H groups in total. The van der Waals surface area contributed by atoms with E-state index in [0.29, 0.717) is 5.01 Å². The summed E-state index contributed by atoms with van der Waals surface area (Å²) >= 11 is 1.44. The topological polar surface area (TPSA) is 75.1 Å². The number of aryl methyl sites for hydroxylation is 3. The molecule has 3 heterocycles. The number of nitrogens with one attached hydrogen (secondary N) is 1. The molecule has 0 spiro atoms. The van der Waals surface area contributed by atoms with E-state index >= 15 is 0 Å². The van der Waals surface area contributed by atoms with E-state index in [2.05, 4.69) is 22.4 Å². The van der Waals surface area contributed by atoms with Gasteiger partial charge in [-0.2, -0.15) is 0 Å². The summed E-state index contributed by atoms with van der Waals surface area (Å²) in [6.07, 6.45) is 6.27. The Balaban J connectivity index is 1.46. The maximum atomic E-state index is 11.0. The molecule has 0 radical (unpaired) electrons. The smallest absolute Gasteiger partial charge is 0.313 e. The summed E-state index contributed by atoms with van der Waals surface area (Å²) in [5, 5.41) is 15.1. The third-order valence-electron chi connectivity index (χ3n) is 4.38. The van der Waals surface area contributed by atoms with Crippen LogP contribution >= 0.6 is 11.3 Å². The Bertz CT molecular complexity index is 714. The molecule has 0 amide bonds. The Morgan fingerprint density at radius 3 is 2.88 bits per heavy atom. The minimum atomic E-state index is -0.817. The van der Waals surface area contributed by atoms with Gasteiger partial charge >= 0.3 is 5.97 Å². The van der Waals surface area contributed by atoms with E-state index in [1.807, 2.05) is 5.38 Å². The molecular weight excluding hydrogens is 322 g/mol. The third kappa shape index (κ3) is 4.12. The largest absolute Gasteiger partial charge is 0.481 e. The van der Waals surface area contributed by atoms with Crippen molar-refractivity contribution in [3.05, 3.63) is 39.5 Å². The number of hydrogen-bond donors (Lipinski definition) is 2. The van der Waals surface area contributed by atoms with Gasteiger partial charge in [0.2, 0.25) is 0 Å². The minimum absolute atomic E-state index is 0.518. The van der Waals surface area contributed by atoms with E-state index in [1.165, 1.54) is 23.3 Å². The van der Waals surface area contributed by atoms with Crippen LogP contribution in [0, 0.1) is 0 Å². The van der Waals surface area contributed by atoms with Gasteiger partial charge in [0, 0.05) is 17.6 Å². The van der Waals surface area contributed by atoms with Gasteiger partial charge < -0.3 is 10.4 Å². The Morgan fingerprint density at radius 1 is 1.29 bits per heavy atom. The van der Waals surface area contributed by atoms with Gasteiger partial charge in [-0.05, 0) is 57.1 Å². The molecule has 1 atom stereocenters. The maximum absolute atomic E-state index is 11.0. The van der Waals surface area contributed by atoms with Crippen LogP contribution in [0.25, 0.3) is 0 Å². The molecule has 0 saturated carbocycles. The zero-order valence-electron chi connectivity index (χ0n) is 13.9. The van der Waals surface area contributed by atoms with Gasteiger partial charge in [0.15, 0.2) is 0 Å². The first kappa shape index (κ1) is 16.9. The van der Waals surface area contributed by atoms with Crippen molar-refractivity contribution in [2.75, 3.05) is 11.9 Å². The number of unbranched alkanes of at least 4 members (excludes halogenated alkanes) is 1. The van der Waals surface area contributed by atoms with Crippen molar-refractivity contribution in [3.8, 4) is 0 Å². The molecule has 5 nitrogen and oxygen atoms in total. The number of thiazole rings is 1. The number of pyridine rings is 1. The van der Waals surface area contributed by atoms with Crippen LogP contribution in [0.15, 0.2) is 17.5 Å². The van der Waals surface area contributed by atoms with Gasteiger partial charge in [-0.1, -0.05) is 6.07 Å². The lowest BCUT2D eigenvalue weighted by molar-refractivity contribution is -0.138. The van der Waals surface area contributed by atoms with Crippen LogP contribution < -0.4 is 5.32 Å². The number of nitrogens with zero attached hydrogens (tertiary/aromatic N) is 2. The number of aromatic nitrogens is 2. The molecule has 0 aliphatic carbocycles. The summed E-state index contributed by atoms with van der Waals surface area (Å²) < 4.78 is 0. The highest BCUT2D eigenvalue weighted by Crippen LogP contribution is 2.22. The Kier molecular flexibility index (Phi) is 5.45. The molecule has 0 fully saturated rings. The number of rotatable bonds is 7. The molecule has 1 aliphatic rings. The molecule has 128 valence electrons. The van der Waals surface area contributed by atoms with Crippen LogP contribution in [0.4, 0.5) is 5.82 Å². The first-order valence-corrected chi connectivity index (χ1v) is 9.41. The van der Waals surface area contributed by atoms with E-state index in [4.69, 9.17) is 10.1 Å². The van der Waals surface area contributed by atoms with E-state index in [1.54, 1.807) is 6.92 Å². The number of carboxylic acid groups (broad SMARTS) is 1. The van der Waals surface area contributed by atoms with Crippen molar-refractivity contribution < 1.29 is 9.90 Å². The van der Waals surface area contributed by atoms with Gasteiger partial charge in [0.05, 0.1) is 5.69 Å². The highest BCUT2D eigenvalue weighted by molar-refractivity contribution is 7.09. The first-order valence-electron chi connectivity index (χ1n) is 8.53. The summed E-state index contributed by atoms with van der Waals surface area (Å²) in [5.74, 6) is -0.274. The Morgan fingerprint density at radius 2 is 2.08 bits per heavy atom. The average molecular weight is 345 g/mol. The fraction of sp³-hybridized carbons (Fsp3) is 0.500. The zero-order chi connectivity index (χ0) is 16.9. The molecule has 2 aromatic rings. The number of anilines is 1. The van der Waals surface area contributed by atoms with E-state index < -0.39 is 11.9 Å². The zero-order valence-corrected chi connectivity index (χ0v) is 14.7. The Hall–Kier alpha value is -1.95. The minimum Gasteiger partial charge on any atom is -0.481 e. The highest BCUT2D eigenvalue weighted by Gasteiger charge is 2.17. The second kappa shape index (κ2) is 7.75.